The van der Waals surface area contributed by atoms with Gasteiger partial charge in [0.15, 0.2) is 0 Å². The molecule has 8 nitrogen and oxygen atoms in total. The first kappa shape index (κ1) is 20.3. The minimum absolute atomic E-state index is 0.149. The van der Waals surface area contributed by atoms with Gasteiger partial charge in [-0.15, -0.1) is 0 Å². The van der Waals surface area contributed by atoms with Crippen molar-refractivity contribution in [2.75, 3.05) is 33.3 Å². The second kappa shape index (κ2) is 8.07. The number of morpholine rings is 2. The number of hydrogen-bond acceptors (Lipinski definition) is 6. The van der Waals surface area contributed by atoms with Gasteiger partial charge in [-0.1, -0.05) is 0 Å². The molecule has 0 saturated carbocycles. The molecule has 9 heteroatoms. The van der Waals surface area contributed by atoms with E-state index < -0.39 is 22.2 Å². The van der Waals surface area contributed by atoms with Crippen molar-refractivity contribution in [2.45, 2.75) is 17.1 Å². The predicted octanol–water partition coefficient (Wildman–Crippen LogP) is 1.48. The highest BCUT2D eigenvalue weighted by Crippen LogP contribution is 2.26. The molecule has 0 radical (unpaired) electrons. The molecule has 2 heterocycles. The molecule has 0 aromatic heterocycles. The zero-order valence-corrected chi connectivity index (χ0v) is 17.2. The van der Waals surface area contributed by atoms with Crippen molar-refractivity contribution in [1.29, 1.82) is 5.26 Å². The van der Waals surface area contributed by atoms with Gasteiger partial charge in [-0.05, 0) is 48.5 Å². The Hall–Kier alpha value is -2.93. The van der Waals surface area contributed by atoms with Crippen molar-refractivity contribution in [2.24, 2.45) is 0 Å². The van der Waals surface area contributed by atoms with Crippen LogP contribution in [-0.4, -0.2) is 69.0 Å². The van der Waals surface area contributed by atoms with Gasteiger partial charge in [-0.25, -0.2) is 8.42 Å². The average molecular weight is 427 g/mol. The number of hydrogen-bond donors (Lipinski definition) is 0. The molecule has 2 bridgehead atoms. The van der Waals surface area contributed by atoms with Gasteiger partial charge < -0.3 is 14.4 Å². The number of carbonyl (C=O) groups is 1. The summed E-state index contributed by atoms with van der Waals surface area (Å²) >= 11 is 0. The Balaban J connectivity index is 1.47. The minimum Gasteiger partial charge on any atom is -0.497 e. The van der Waals surface area contributed by atoms with E-state index in [-0.39, 0.29) is 23.9 Å². The summed E-state index contributed by atoms with van der Waals surface area (Å²) in [7, 11) is -2.14. The van der Waals surface area contributed by atoms with E-state index in [0.29, 0.717) is 30.0 Å². The minimum atomic E-state index is -3.66. The predicted molar refractivity (Wildman–Crippen MR) is 107 cm³/mol. The first-order valence-corrected chi connectivity index (χ1v) is 10.9. The Kier molecular flexibility index (Phi) is 5.47. The highest BCUT2D eigenvalue weighted by molar-refractivity contribution is 7.89. The maximum atomic E-state index is 13.0. The summed E-state index contributed by atoms with van der Waals surface area (Å²) in [6.45, 7) is 0.984. The first-order valence-electron chi connectivity index (χ1n) is 9.50. The van der Waals surface area contributed by atoms with E-state index in [4.69, 9.17) is 14.7 Å². The van der Waals surface area contributed by atoms with E-state index in [0.717, 1.165) is 0 Å². The second-order valence-corrected chi connectivity index (χ2v) is 9.21. The Labute approximate surface area is 175 Å². The third-order valence-corrected chi connectivity index (χ3v) is 7.14. The van der Waals surface area contributed by atoms with E-state index in [1.54, 1.807) is 41.3 Å². The molecule has 1 amide bonds. The molecule has 2 saturated heterocycles. The monoisotopic (exact) mass is 427 g/mol. The number of fused-ring (bicyclic) bond motifs is 2. The smallest absolute Gasteiger partial charge is 0.254 e. The SMILES string of the molecule is COc1ccc(S(=O)(=O)N2CC3CN(C(=O)c4ccc(C#N)cc4)CC(C2)O3)cc1. The lowest BCUT2D eigenvalue weighted by Gasteiger charge is -2.45. The standard InChI is InChI=1S/C21H21N3O5S/c1-28-17-6-8-20(9-7-17)30(26,27)24-13-18-11-23(12-19(14-24)29-18)21(25)16-4-2-15(10-22)3-5-16/h2-9,18-19H,11-14H2,1H3. The molecule has 2 unspecified atom stereocenters. The Morgan fingerprint density at radius 1 is 1.03 bits per heavy atom. The second-order valence-electron chi connectivity index (χ2n) is 7.28. The maximum Gasteiger partial charge on any atom is 0.254 e. The van der Waals surface area contributed by atoms with Crippen LogP contribution in [0.5, 0.6) is 5.75 Å². The molecule has 2 aromatic carbocycles. The van der Waals surface area contributed by atoms with Crippen molar-refractivity contribution >= 4 is 15.9 Å². The maximum absolute atomic E-state index is 13.0. The third-order valence-electron chi connectivity index (χ3n) is 5.29. The van der Waals surface area contributed by atoms with Gasteiger partial charge in [-0.2, -0.15) is 9.57 Å². The van der Waals surface area contributed by atoms with E-state index in [9.17, 15) is 13.2 Å². The summed E-state index contributed by atoms with van der Waals surface area (Å²) in [5.74, 6) is 0.439. The van der Waals surface area contributed by atoms with Crippen LogP contribution in [0, 0.1) is 11.3 Å². The molecule has 0 N–H and O–H groups in total. The van der Waals surface area contributed by atoms with Crippen LogP contribution in [0.15, 0.2) is 53.4 Å². The molecule has 2 aliphatic rings. The number of amides is 1. The van der Waals surface area contributed by atoms with Crippen LogP contribution < -0.4 is 4.74 Å². The topological polar surface area (TPSA) is 99.9 Å². The molecule has 2 atom stereocenters. The average Bonchev–Trinajstić information content (AvgIpc) is 2.78. The highest BCUT2D eigenvalue weighted by Gasteiger charge is 2.41. The summed E-state index contributed by atoms with van der Waals surface area (Å²) in [6, 6.07) is 14.8. The molecular formula is C21H21N3O5S. The van der Waals surface area contributed by atoms with E-state index in [1.165, 1.54) is 23.5 Å². The van der Waals surface area contributed by atoms with Crippen LogP contribution in [0.4, 0.5) is 0 Å². The van der Waals surface area contributed by atoms with Gasteiger partial charge in [0.1, 0.15) is 5.75 Å². The Morgan fingerprint density at radius 3 is 2.17 bits per heavy atom. The highest BCUT2D eigenvalue weighted by atomic mass is 32.2. The van der Waals surface area contributed by atoms with Crippen LogP contribution in [0.1, 0.15) is 15.9 Å². The van der Waals surface area contributed by atoms with Crippen LogP contribution in [0.25, 0.3) is 0 Å². The number of nitriles is 1. The van der Waals surface area contributed by atoms with Crippen molar-refractivity contribution < 1.29 is 22.7 Å². The van der Waals surface area contributed by atoms with Gasteiger partial charge in [0.2, 0.25) is 10.0 Å². The van der Waals surface area contributed by atoms with Gasteiger partial charge in [0, 0.05) is 31.7 Å². The molecule has 0 aliphatic carbocycles. The van der Waals surface area contributed by atoms with Crippen LogP contribution >= 0.6 is 0 Å². The van der Waals surface area contributed by atoms with E-state index in [2.05, 4.69) is 0 Å². The van der Waals surface area contributed by atoms with E-state index in [1.807, 2.05) is 6.07 Å². The lowest BCUT2D eigenvalue weighted by molar-refractivity contribution is -0.113. The quantitative estimate of drug-likeness (QED) is 0.733. The van der Waals surface area contributed by atoms with Gasteiger partial charge in [0.05, 0.1) is 35.8 Å². The van der Waals surface area contributed by atoms with Gasteiger partial charge in [0.25, 0.3) is 5.91 Å². The van der Waals surface area contributed by atoms with Crippen LogP contribution in [-0.2, 0) is 14.8 Å². The van der Waals surface area contributed by atoms with Crippen LogP contribution in [0.3, 0.4) is 0 Å². The summed E-state index contributed by atoms with van der Waals surface area (Å²) in [4.78, 5) is 14.7. The van der Waals surface area contributed by atoms with Crippen molar-refractivity contribution in [3.8, 4) is 11.8 Å². The first-order chi connectivity index (χ1) is 14.4. The molecular weight excluding hydrogens is 406 g/mol. The lowest BCUT2D eigenvalue weighted by Crippen LogP contribution is -2.61. The van der Waals surface area contributed by atoms with Gasteiger partial charge >= 0.3 is 0 Å². The number of sulfonamides is 1. The number of carbonyl (C=O) groups excluding carboxylic acids is 1. The normalized spacial score (nSPS) is 21.7. The number of ether oxygens (including phenoxy) is 2. The summed E-state index contributed by atoms with van der Waals surface area (Å²) < 4.78 is 38.5. The molecule has 156 valence electrons. The number of rotatable bonds is 4. The van der Waals surface area contributed by atoms with Crippen molar-refractivity contribution in [3.05, 3.63) is 59.7 Å². The number of methoxy groups -OCH3 is 1. The molecule has 4 rings (SSSR count). The zero-order chi connectivity index (χ0) is 21.3. The molecule has 30 heavy (non-hydrogen) atoms. The molecule has 2 aromatic rings. The lowest BCUT2D eigenvalue weighted by atomic mass is 10.1. The van der Waals surface area contributed by atoms with Crippen molar-refractivity contribution in [1.82, 2.24) is 9.21 Å². The molecule has 2 fully saturated rings. The van der Waals surface area contributed by atoms with Crippen LogP contribution in [0.2, 0.25) is 0 Å². The van der Waals surface area contributed by atoms with E-state index >= 15 is 0 Å². The summed E-state index contributed by atoms with van der Waals surface area (Å²) in [6.07, 6.45) is -0.791. The summed E-state index contributed by atoms with van der Waals surface area (Å²) in [5, 5.41) is 8.90. The molecule has 0 spiro atoms. The fourth-order valence-electron chi connectivity index (χ4n) is 3.78. The number of benzene rings is 2. The zero-order valence-electron chi connectivity index (χ0n) is 16.4. The summed E-state index contributed by atoms with van der Waals surface area (Å²) in [5.41, 5.74) is 0.987. The Morgan fingerprint density at radius 2 is 1.63 bits per heavy atom. The third kappa shape index (κ3) is 3.89. The van der Waals surface area contributed by atoms with Gasteiger partial charge in [-0.3, -0.25) is 4.79 Å². The fourth-order valence-corrected chi connectivity index (χ4v) is 5.29. The molecule has 2 aliphatic heterocycles. The number of nitrogens with zero attached hydrogens (tertiary/aromatic N) is 3. The largest absolute Gasteiger partial charge is 0.497 e. The van der Waals surface area contributed by atoms with Crippen molar-refractivity contribution in [3.63, 3.8) is 0 Å². The fraction of sp³-hybridized carbons (Fsp3) is 0.333. The Bertz CT molecular complexity index is 1060.